The normalized spacial score (nSPS) is 9.75. The number of nitrogens with zero attached hydrogens (tertiary/aromatic N) is 4. The Morgan fingerprint density at radius 2 is 2.44 bits per heavy atom. The first-order valence-electron chi connectivity index (χ1n) is 4.68. The second kappa shape index (κ2) is 4.40. The van der Waals surface area contributed by atoms with Gasteiger partial charge in [-0.15, -0.1) is 0 Å². The predicted octanol–water partition coefficient (Wildman–Crippen LogP) is 1.26. The van der Waals surface area contributed by atoms with Crippen molar-refractivity contribution in [3.63, 3.8) is 0 Å². The van der Waals surface area contributed by atoms with Gasteiger partial charge in [-0.1, -0.05) is 5.16 Å². The first kappa shape index (κ1) is 10.1. The van der Waals surface area contributed by atoms with Crippen molar-refractivity contribution in [1.82, 2.24) is 15.1 Å². The van der Waals surface area contributed by atoms with Gasteiger partial charge in [0, 0.05) is 13.1 Å². The van der Waals surface area contributed by atoms with Crippen molar-refractivity contribution >= 4 is 5.69 Å². The summed E-state index contributed by atoms with van der Waals surface area (Å²) in [6.07, 6.45) is 1.57. The predicted molar refractivity (Wildman–Crippen MR) is 55.3 cm³/mol. The van der Waals surface area contributed by atoms with Gasteiger partial charge in [-0.3, -0.25) is 0 Å². The summed E-state index contributed by atoms with van der Waals surface area (Å²) >= 11 is 0. The van der Waals surface area contributed by atoms with Gasteiger partial charge >= 0.3 is 0 Å². The molecule has 0 aliphatic heterocycles. The van der Waals surface area contributed by atoms with E-state index in [1.54, 1.807) is 25.3 Å². The minimum Gasteiger partial charge on any atom is -0.375 e. The highest BCUT2D eigenvalue weighted by Crippen LogP contribution is 2.11. The maximum atomic E-state index is 8.82. The summed E-state index contributed by atoms with van der Waals surface area (Å²) in [7, 11) is 0. The number of hydrogen-bond acceptors (Lipinski definition) is 6. The summed E-state index contributed by atoms with van der Waals surface area (Å²) < 4.78 is 4.83. The molecular formula is C10H9N5O. The Kier molecular flexibility index (Phi) is 2.78. The lowest BCUT2D eigenvalue weighted by Crippen LogP contribution is -2.03. The van der Waals surface area contributed by atoms with Gasteiger partial charge in [-0.2, -0.15) is 10.2 Å². The molecule has 0 amide bonds. The van der Waals surface area contributed by atoms with E-state index in [0.29, 0.717) is 29.6 Å². The molecule has 0 fully saturated rings. The molecule has 2 aromatic rings. The molecule has 0 unspecified atom stereocenters. The Labute approximate surface area is 91.9 Å². The van der Waals surface area contributed by atoms with E-state index < -0.39 is 0 Å². The zero-order valence-electron chi connectivity index (χ0n) is 8.64. The highest BCUT2D eigenvalue weighted by Gasteiger charge is 2.04. The van der Waals surface area contributed by atoms with Crippen LogP contribution in [0.4, 0.5) is 5.69 Å². The van der Waals surface area contributed by atoms with Crippen LogP contribution >= 0.6 is 0 Å². The van der Waals surface area contributed by atoms with Gasteiger partial charge in [0.05, 0.1) is 12.2 Å². The van der Waals surface area contributed by atoms with Crippen molar-refractivity contribution in [2.24, 2.45) is 0 Å². The second-order valence-electron chi connectivity index (χ2n) is 3.09. The molecule has 0 aromatic carbocycles. The van der Waals surface area contributed by atoms with Crippen molar-refractivity contribution in [2.45, 2.75) is 13.5 Å². The van der Waals surface area contributed by atoms with Gasteiger partial charge in [0.15, 0.2) is 11.5 Å². The lowest BCUT2D eigenvalue weighted by atomic mass is 10.3. The molecule has 0 saturated heterocycles. The van der Waals surface area contributed by atoms with E-state index in [1.807, 2.05) is 6.07 Å². The molecule has 0 saturated carbocycles. The van der Waals surface area contributed by atoms with E-state index in [2.05, 4.69) is 20.4 Å². The van der Waals surface area contributed by atoms with Crippen LogP contribution in [-0.4, -0.2) is 15.1 Å². The topological polar surface area (TPSA) is 87.6 Å². The zero-order valence-corrected chi connectivity index (χ0v) is 8.64. The molecule has 16 heavy (non-hydrogen) atoms. The Morgan fingerprint density at radius 1 is 1.56 bits per heavy atom. The van der Waals surface area contributed by atoms with Gasteiger partial charge in [0.1, 0.15) is 6.07 Å². The van der Waals surface area contributed by atoms with Gasteiger partial charge in [-0.25, -0.2) is 4.98 Å². The van der Waals surface area contributed by atoms with Crippen molar-refractivity contribution < 1.29 is 4.52 Å². The van der Waals surface area contributed by atoms with Crippen molar-refractivity contribution in [1.29, 1.82) is 5.26 Å². The first-order valence-corrected chi connectivity index (χ1v) is 4.68. The van der Waals surface area contributed by atoms with Crippen LogP contribution in [0.2, 0.25) is 0 Å². The van der Waals surface area contributed by atoms with Crippen molar-refractivity contribution in [2.75, 3.05) is 5.32 Å². The zero-order chi connectivity index (χ0) is 11.4. The molecule has 0 spiro atoms. The summed E-state index contributed by atoms with van der Waals surface area (Å²) in [6, 6.07) is 5.53. The molecule has 2 aromatic heterocycles. The van der Waals surface area contributed by atoms with Crippen LogP contribution in [0, 0.1) is 18.3 Å². The lowest BCUT2D eigenvalue weighted by molar-refractivity contribution is 0.388. The van der Waals surface area contributed by atoms with Crippen LogP contribution < -0.4 is 5.32 Å². The Balaban J connectivity index is 2.08. The molecule has 0 aliphatic rings. The summed E-state index contributed by atoms with van der Waals surface area (Å²) in [5.41, 5.74) is 1.01. The molecule has 2 heterocycles. The summed E-state index contributed by atoms with van der Waals surface area (Å²) in [5, 5.41) is 15.6. The average Bonchev–Trinajstić information content (AvgIpc) is 2.73. The minimum atomic E-state index is 0.350. The van der Waals surface area contributed by atoms with E-state index in [1.165, 1.54) is 0 Å². The summed E-state index contributed by atoms with van der Waals surface area (Å²) in [5.74, 6) is 1.06. The number of rotatable bonds is 3. The number of aromatic nitrogens is 3. The SMILES string of the molecule is Cc1nc(CNc2cccnc2C#N)no1. The van der Waals surface area contributed by atoms with Gasteiger partial charge in [-0.05, 0) is 12.1 Å². The van der Waals surface area contributed by atoms with Crippen LogP contribution in [0.3, 0.4) is 0 Å². The second-order valence-corrected chi connectivity index (χ2v) is 3.09. The minimum absolute atomic E-state index is 0.350. The van der Waals surface area contributed by atoms with E-state index in [0.717, 1.165) is 0 Å². The molecule has 6 nitrogen and oxygen atoms in total. The smallest absolute Gasteiger partial charge is 0.223 e. The van der Waals surface area contributed by atoms with E-state index >= 15 is 0 Å². The quantitative estimate of drug-likeness (QED) is 0.829. The molecule has 0 aliphatic carbocycles. The Morgan fingerprint density at radius 3 is 3.12 bits per heavy atom. The van der Waals surface area contributed by atoms with Crippen LogP contribution in [-0.2, 0) is 6.54 Å². The van der Waals surface area contributed by atoms with Gasteiger partial charge in [0.2, 0.25) is 5.89 Å². The fourth-order valence-electron chi connectivity index (χ4n) is 1.22. The van der Waals surface area contributed by atoms with E-state index in [-0.39, 0.29) is 0 Å². The van der Waals surface area contributed by atoms with Crippen LogP contribution in [0.25, 0.3) is 0 Å². The maximum absolute atomic E-state index is 8.82. The van der Waals surface area contributed by atoms with Crippen molar-refractivity contribution in [3.8, 4) is 6.07 Å². The molecular weight excluding hydrogens is 206 g/mol. The fourth-order valence-corrected chi connectivity index (χ4v) is 1.22. The molecule has 80 valence electrons. The average molecular weight is 215 g/mol. The van der Waals surface area contributed by atoms with E-state index in [9.17, 15) is 0 Å². The molecule has 2 rings (SSSR count). The van der Waals surface area contributed by atoms with Gasteiger partial charge in [0.25, 0.3) is 0 Å². The first-order chi connectivity index (χ1) is 7.79. The number of nitriles is 1. The standard InChI is InChI=1S/C10H9N5O/c1-7-14-10(15-16-7)6-13-8-3-2-4-12-9(8)5-11/h2-4,13H,6H2,1H3. The number of nitrogens with one attached hydrogen (secondary N) is 1. The van der Waals surface area contributed by atoms with Crippen LogP contribution in [0.15, 0.2) is 22.9 Å². The number of aryl methyl sites for hydroxylation is 1. The largest absolute Gasteiger partial charge is 0.375 e. The van der Waals surface area contributed by atoms with Crippen LogP contribution in [0.1, 0.15) is 17.4 Å². The monoisotopic (exact) mass is 215 g/mol. The molecule has 6 heteroatoms. The highest BCUT2D eigenvalue weighted by molar-refractivity contribution is 5.53. The third kappa shape index (κ3) is 2.15. The van der Waals surface area contributed by atoms with Crippen LogP contribution in [0.5, 0.6) is 0 Å². The number of pyridine rings is 1. The molecule has 0 atom stereocenters. The summed E-state index contributed by atoms with van der Waals surface area (Å²) in [4.78, 5) is 7.96. The molecule has 0 radical (unpaired) electrons. The third-order valence-electron chi connectivity index (χ3n) is 1.92. The molecule has 1 N–H and O–H groups in total. The third-order valence-corrected chi connectivity index (χ3v) is 1.92. The van der Waals surface area contributed by atoms with E-state index in [4.69, 9.17) is 9.78 Å². The van der Waals surface area contributed by atoms with Gasteiger partial charge < -0.3 is 9.84 Å². The maximum Gasteiger partial charge on any atom is 0.223 e. The Hall–Kier alpha value is -2.42. The lowest BCUT2D eigenvalue weighted by Gasteiger charge is -2.03. The Bertz CT molecular complexity index is 528. The fraction of sp³-hybridized carbons (Fsp3) is 0.200. The highest BCUT2D eigenvalue weighted by atomic mass is 16.5. The number of hydrogen-bond donors (Lipinski definition) is 1. The van der Waals surface area contributed by atoms with Crippen molar-refractivity contribution in [3.05, 3.63) is 35.7 Å². The number of anilines is 1. The molecule has 0 bridgehead atoms. The summed E-state index contributed by atoms with van der Waals surface area (Å²) in [6.45, 7) is 2.12.